The van der Waals surface area contributed by atoms with Crippen molar-refractivity contribution in [3.8, 4) is 0 Å². The van der Waals surface area contributed by atoms with Crippen LogP contribution < -0.4 is 9.91 Å². The molecule has 10 heteroatoms. The summed E-state index contributed by atoms with van der Waals surface area (Å²) in [6.45, 7) is 3.22. The van der Waals surface area contributed by atoms with Gasteiger partial charge in [-0.15, -0.1) is 0 Å². The Balaban J connectivity index is 1.26. The number of hydrogen-bond acceptors (Lipinski definition) is 8. The molecule has 1 saturated heterocycles. The van der Waals surface area contributed by atoms with Crippen LogP contribution in [0.5, 0.6) is 0 Å². The first-order valence-electron chi connectivity index (χ1n) is 15.4. The predicted molar refractivity (Wildman–Crippen MR) is 194 cm³/mol. The van der Waals surface area contributed by atoms with Gasteiger partial charge in [0.25, 0.3) is 5.91 Å². The zero-order chi connectivity index (χ0) is 32.8. The van der Waals surface area contributed by atoms with E-state index in [4.69, 9.17) is 27.2 Å². The second-order valence-electron chi connectivity index (χ2n) is 11.2. The topological polar surface area (TPSA) is 85.7 Å². The highest BCUT2D eigenvalue weighted by molar-refractivity contribution is 8.26. The molecule has 4 aromatic rings. The summed E-state index contributed by atoms with van der Waals surface area (Å²) in [7, 11) is 0. The summed E-state index contributed by atoms with van der Waals surface area (Å²) in [5.41, 5.74) is 7.05. The number of rotatable bonds is 11. The summed E-state index contributed by atoms with van der Waals surface area (Å²) in [6.07, 6.45) is 5.51. The first-order valence-corrected chi connectivity index (χ1v) is 16.7. The molecule has 0 radical (unpaired) electrons. The van der Waals surface area contributed by atoms with Crippen molar-refractivity contribution >= 4 is 75.2 Å². The third kappa shape index (κ3) is 7.62. The summed E-state index contributed by atoms with van der Waals surface area (Å²) in [4.78, 5) is 27.7. The molecule has 2 heterocycles. The van der Waals surface area contributed by atoms with E-state index in [0.29, 0.717) is 4.91 Å². The lowest BCUT2D eigenvalue weighted by molar-refractivity contribution is -0.140. The summed E-state index contributed by atoms with van der Waals surface area (Å²) in [6, 6.07) is 34.5. The number of carboxylic acid groups (broad SMARTS) is 1. The number of para-hydroxylation sites is 2. The van der Waals surface area contributed by atoms with Crippen molar-refractivity contribution in [2.75, 3.05) is 29.6 Å². The van der Waals surface area contributed by atoms with Gasteiger partial charge in [-0.2, -0.15) is 5.10 Å². The zero-order valence-electron chi connectivity index (χ0n) is 25.9. The Bertz CT molecular complexity index is 1810. The van der Waals surface area contributed by atoms with Crippen LogP contribution in [0.4, 0.5) is 22.7 Å². The smallest absolute Gasteiger partial charge is 0.323 e. The van der Waals surface area contributed by atoms with Crippen LogP contribution in [0.25, 0.3) is 6.08 Å². The highest BCUT2D eigenvalue weighted by atomic mass is 32.2. The van der Waals surface area contributed by atoms with Crippen molar-refractivity contribution in [2.45, 2.75) is 25.9 Å². The van der Waals surface area contributed by atoms with Crippen LogP contribution in [0.2, 0.25) is 0 Å². The SMILES string of the molecule is CCCOC1Cc2cc(/C=N/N(c3ccccc3)c3ccc(/C=C4\SC(=S)N(CC(=O)O)C4=O)cc3)ccc2N(c2ccccc2)C1. The molecular weight excluding hydrogens is 629 g/mol. The summed E-state index contributed by atoms with van der Waals surface area (Å²) in [5, 5.41) is 15.9. The number of benzene rings is 4. The second-order valence-corrected chi connectivity index (χ2v) is 12.9. The summed E-state index contributed by atoms with van der Waals surface area (Å²) < 4.78 is 6.48. The van der Waals surface area contributed by atoms with E-state index >= 15 is 0 Å². The minimum atomic E-state index is -1.11. The minimum absolute atomic E-state index is 0.0953. The van der Waals surface area contributed by atoms with Crippen molar-refractivity contribution in [3.63, 3.8) is 0 Å². The molecule has 2 aliphatic heterocycles. The molecule has 47 heavy (non-hydrogen) atoms. The lowest BCUT2D eigenvalue weighted by atomic mass is 9.97. The number of hydrazone groups is 1. The number of carbonyl (C=O) groups is 2. The average molecular weight is 663 g/mol. The predicted octanol–water partition coefficient (Wildman–Crippen LogP) is 7.63. The largest absolute Gasteiger partial charge is 0.480 e. The van der Waals surface area contributed by atoms with E-state index in [0.717, 1.165) is 70.8 Å². The minimum Gasteiger partial charge on any atom is -0.480 e. The van der Waals surface area contributed by atoms with Gasteiger partial charge in [0.05, 0.1) is 28.6 Å². The Kier molecular flexibility index (Phi) is 10.1. The van der Waals surface area contributed by atoms with Crippen LogP contribution in [0, 0.1) is 0 Å². The Morgan fingerprint density at radius 3 is 2.38 bits per heavy atom. The average Bonchev–Trinajstić information content (AvgIpc) is 3.35. The van der Waals surface area contributed by atoms with Gasteiger partial charge in [0, 0.05) is 30.9 Å². The van der Waals surface area contributed by atoms with Gasteiger partial charge in [0.1, 0.15) is 10.9 Å². The number of anilines is 4. The Labute approximate surface area is 284 Å². The van der Waals surface area contributed by atoms with Crippen LogP contribution in [0.1, 0.15) is 30.0 Å². The summed E-state index contributed by atoms with van der Waals surface area (Å²) >= 11 is 6.33. The fraction of sp³-hybridized carbons (Fsp3) is 0.189. The highest BCUT2D eigenvalue weighted by Gasteiger charge is 2.33. The quantitative estimate of drug-likeness (QED) is 0.0760. The highest BCUT2D eigenvalue weighted by Crippen LogP contribution is 2.36. The molecule has 0 aromatic heterocycles. The maximum Gasteiger partial charge on any atom is 0.323 e. The number of hydrogen-bond donors (Lipinski definition) is 1. The van der Waals surface area contributed by atoms with E-state index < -0.39 is 18.4 Å². The third-order valence-corrected chi connectivity index (χ3v) is 9.16. The van der Waals surface area contributed by atoms with E-state index in [-0.39, 0.29) is 10.4 Å². The van der Waals surface area contributed by atoms with E-state index in [1.165, 1.54) is 11.3 Å². The number of fused-ring (bicyclic) bond motifs is 1. The van der Waals surface area contributed by atoms with Gasteiger partial charge in [-0.05, 0) is 77.7 Å². The molecular formula is C37H34N4O4S2. The first kappa shape index (κ1) is 32.2. The standard InChI is InChI=1S/C37H34N4O4S2/c1-2-19-45-32-22-28-20-27(15-18-33(28)39(24-32)29-9-5-3-6-10-29)23-38-41(30-11-7-4-8-12-30)31-16-13-26(14-17-31)21-34-36(44)40(25-35(42)43)37(46)47-34/h3-18,20-21,23,32H,2,19,22,24-25H2,1H3,(H,42,43)/b34-21-,38-23+. The van der Waals surface area contributed by atoms with Gasteiger partial charge in [0.2, 0.25) is 0 Å². The van der Waals surface area contributed by atoms with Gasteiger partial charge in [-0.25, -0.2) is 5.01 Å². The van der Waals surface area contributed by atoms with Crippen LogP contribution >= 0.6 is 24.0 Å². The van der Waals surface area contributed by atoms with Crippen molar-refractivity contribution in [3.05, 3.63) is 125 Å². The van der Waals surface area contributed by atoms with Gasteiger partial charge in [-0.3, -0.25) is 14.5 Å². The van der Waals surface area contributed by atoms with E-state index in [1.54, 1.807) is 6.08 Å². The van der Waals surface area contributed by atoms with Crippen LogP contribution in [0.3, 0.4) is 0 Å². The molecule has 8 nitrogen and oxygen atoms in total. The third-order valence-electron chi connectivity index (χ3n) is 7.78. The van der Waals surface area contributed by atoms with Crippen LogP contribution in [0.15, 0.2) is 113 Å². The van der Waals surface area contributed by atoms with E-state index in [2.05, 4.69) is 54.3 Å². The molecule has 1 unspecified atom stereocenters. The number of carboxylic acids is 1. The van der Waals surface area contributed by atoms with Gasteiger partial charge < -0.3 is 14.7 Å². The molecule has 1 N–H and O–H groups in total. The number of thiocarbonyl (C=S) groups is 1. The van der Waals surface area contributed by atoms with Crippen molar-refractivity contribution < 1.29 is 19.4 Å². The zero-order valence-corrected chi connectivity index (χ0v) is 27.5. The fourth-order valence-electron chi connectivity index (χ4n) is 5.58. The molecule has 2 aliphatic rings. The number of carbonyl (C=O) groups excluding carboxylic acids is 1. The van der Waals surface area contributed by atoms with Crippen molar-refractivity contribution in [1.29, 1.82) is 0 Å². The number of amides is 1. The summed E-state index contributed by atoms with van der Waals surface area (Å²) in [5.74, 6) is -1.51. The molecule has 1 fully saturated rings. The molecule has 0 aliphatic carbocycles. The van der Waals surface area contributed by atoms with Gasteiger partial charge in [0.15, 0.2) is 0 Å². The molecule has 1 amide bonds. The molecule has 0 spiro atoms. The first-order chi connectivity index (χ1) is 22.9. The number of thioether (sulfide) groups is 1. The van der Waals surface area contributed by atoms with Crippen molar-refractivity contribution in [2.24, 2.45) is 5.10 Å². The van der Waals surface area contributed by atoms with Gasteiger partial charge >= 0.3 is 5.97 Å². The normalized spacial score (nSPS) is 17.0. The van der Waals surface area contributed by atoms with Crippen molar-refractivity contribution in [1.82, 2.24) is 4.90 Å². The van der Waals surface area contributed by atoms with Crippen LogP contribution in [-0.4, -0.2) is 58.2 Å². The molecule has 0 saturated carbocycles. The molecule has 4 aromatic carbocycles. The maximum atomic E-state index is 12.7. The number of nitrogens with zero attached hydrogens (tertiary/aromatic N) is 4. The molecule has 1 atom stereocenters. The Hall–Kier alpha value is -4.77. The fourth-order valence-corrected chi connectivity index (χ4v) is 6.84. The van der Waals surface area contributed by atoms with Crippen LogP contribution in [-0.2, 0) is 20.7 Å². The lowest BCUT2D eigenvalue weighted by Crippen LogP contribution is -2.37. The Morgan fingerprint density at radius 1 is 1.00 bits per heavy atom. The lowest BCUT2D eigenvalue weighted by Gasteiger charge is -2.36. The number of aliphatic carboxylic acids is 1. The van der Waals surface area contributed by atoms with E-state index in [9.17, 15) is 9.59 Å². The molecule has 0 bridgehead atoms. The van der Waals surface area contributed by atoms with E-state index in [1.807, 2.05) is 71.9 Å². The molecule has 6 rings (SSSR count). The second kappa shape index (κ2) is 14.8. The maximum absolute atomic E-state index is 12.7. The monoisotopic (exact) mass is 662 g/mol. The Morgan fingerprint density at radius 2 is 1.68 bits per heavy atom. The molecule has 238 valence electrons. The number of ether oxygens (including phenoxy) is 1. The van der Waals surface area contributed by atoms with Gasteiger partial charge in [-0.1, -0.05) is 85.5 Å².